The Balaban J connectivity index is 0. The van der Waals surface area contributed by atoms with Gasteiger partial charge in [-0.2, -0.15) is 0 Å². The van der Waals surface area contributed by atoms with Crippen molar-refractivity contribution in [3.05, 3.63) is 0 Å². The number of aliphatic carboxylic acids is 1. The fourth-order valence-electron chi connectivity index (χ4n) is 1.21. The molecule has 144 valence electrons. The normalized spacial score (nSPS) is 13.2. The predicted octanol–water partition coefficient (Wildman–Crippen LogP) is -0.362. The first kappa shape index (κ1) is 25.4. The van der Waals surface area contributed by atoms with E-state index in [4.69, 9.17) is 28.3 Å². The van der Waals surface area contributed by atoms with Crippen molar-refractivity contribution in [3.63, 3.8) is 0 Å². The van der Waals surface area contributed by atoms with E-state index in [9.17, 15) is 24.0 Å². The number of nitrogens with one attached hydrogen (secondary N) is 3. The van der Waals surface area contributed by atoms with E-state index >= 15 is 0 Å². The summed E-state index contributed by atoms with van der Waals surface area (Å²) in [7, 11) is 0. The van der Waals surface area contributed by atoms with Crippen molar-refractivity contribution in [3.8, 4) is 0 Å². The van der Waals surface area contributed by atoms with Crippen molar-refractivity contribution >= 4 is 52.7 Å². The van der Waals surface area contributed by atoms with Crippen molar-refractivity contribution in [1.82, 2.24) is 16.0 Å². The second kappa shape index (κ2) is 13.4. The third kappa shape index (κ3) is 13.1. The van der Waals surface area contributed by atoms with Crippen LogP contribution in [0.4, 0.5) is 0 Å². The molecule has 0 radical (unpaired) electrons. The average molecular weight is 400 g/mol. The smallest absolute Gasteiger partial charge is 0.325 e. The fraction of sp³-hybridized carbons (Fsp3) is 0.643. The number of ketones is 1. The van der Waals surface area contributed by atoms with Gasteiger partial charge in [0.25, 0.3) is 0 Å². The molecular formula is C14H23Cl2N3O6. The highest BCUT2D eigenvalue weighted by molar-refractivity contribution is 6.35. The Bertz CT molecular complexity index is 495. The molecule has 0 aromatic heterocycles. The van der Waals surface area contributed by atoms with Crippen LogP contribution in [0, 0.1) is 0 Å². The maximum atomic E-state index is 11.6. The molecule has 0 rings (SSSR count). The molecule has 0 spiro atoms. The molecule has 0 bridgehead atoms. The van der Waals surface area contributed by atoms with Gasteiger partial charge in [0.15, 0.2) is 5.78 Å². The van der Waals surface area contributed by atoms with Gasteiger partial charge in [0.05, 0.1) is 11.8 Å². The SMILES string of the molecule is CC(=O)NC(C)C(=O)NC(C)C(=O)NC(C)C(=O)O.O=C(CCl)CCl. The largest absolute Gasteiger partial charge is 0.480 e. The Hall–Kier alpha value is -1.87. The van der Waals surface area contributed by atoms with Crippen LogP contribution >= 0.6 is 23.2 Å². The van der Waals surface area contributed by atoms with Gasteiger partial charge in [-0.15, -0.1) is 23.2 Å². The second-order valence-corrected chi connectivity index (χ2v) is 5.56. The van der Waals surface area contributed by atoms with Crippen LogP contribution in [-0.2, 0) is 24.0 Å². The maximum absolute atomic E-state index is 11.6. The number of carboxylic acids is 1. The van der Waals surface area contributed by atoms with Crippen molar-refractivity contribution in [2.45, 2.75) is 45.8 Å². The number of halogens is 2. The fourth-order valence-corrected chi connectivity index (χ4v) is 1.50. The molecule has 9 nitrogen and oxygen atoms in total. The first-order valence-corrected chi connectivity index (χ1v) is 8.27. The Kier molecular flexibility index (Phi) is 13.6. The standard InChI is InChI=1S/C11H19N3O5.C3H4Cl2O/c1-5(12-8(4)15)9(16)13-6(2)10(17)14-7(3)11(18)19;4-1-3(6)2-5/h5-7H,1-4H3,(H,12,15)(H,13,16)(H,14,17)(H,18,19);1-2H2. The number of hydrogen-bond donors (Lipinski definition) is 4. The van der Waals surface area contributed by atoms with Crippen LogP contribution in [0.2, 0.25) is 0 Å². The summed E-state index contributed by atoms with van der Waals surface area (Å²) in [5, 5.41) is 15.6. The first-order valence-electron chi connectivity index (χ1n) is 7.20. The van der Waals surface area contributed by atoms with Crippen molar-refractivity contribution in [1.29, 1.82) is 0 Å². The second-order valence-electron chi connectivity index (χ2n) is 5.03. The van der Waals surface area contributed by atoms with Crippen molar-refractivity contribution < 1.29 is 29.1 Å². The lowest BCUT2D eigenvalue weighted by Crippen LogP contribution is -2.53. The summed E-state index contributed by atoms with van der Waals surface area (Å²) in [6, 6.07) is -2.71. The number of carbonyl (C=O) groups is 5. The molecular weight excluding hydrogens is 377 g/mol. The quantitative estimate of drug-likeness (QED) is 0.410. The predicted molar refractivity (Wildman–Crippen MR) is 92.6 cm³/mol. The highest BCUT2D eigenvalue weighted by atomic mass is 35.5. The van der Waals surface area contributed by atoms with Gasteiger partial charge in [-0.25, -0.2) is 0 Å². The maximum Gasteiger partial charge on any atom is 0.325 e. The minimum absolute atomic E-state index is 0.0312. The summed E-state index contributed by atoms with van der Waals surface area (Å²) < 4.78 is 0. The van der Waals surface area contributed by atoms with Crippen LogP contribution in [0.5, 0.6) is 0 Å². The summed E-state index contributed by atoms with van der Waals surface area (Å²) >= 11 is 10.0. The number of carbonyl (C=O) groups excluding carboxylic acids is 4. The summed E-state index contributed by atoms with van der Waals surface area (Å²) in [4.78, 5) is 54.4. The molecule has 0 saturated heterocycles. The molecule has 0 aliphatic heterocycles. The van der Waals surface area contributed by atoms with Gasteiger partial charge in [0.2, 0.25) is 17.7 Å². The van der Waals surface area contributed by atoms with E-state index in [1.165, 1.54) is 27.7 Å². The number of alkyl halides is 2. The monoisotopic (exact) mass is 399 g/mol. The molecule has 3 atom stereocenters. The van der Waals surface area contributed by atoms with Gasteiger partial charge in [-0.3, -0.25) is 24.0 Å². The molecule has 0 saturated carbocycles. The summed E-state index contributed by atoms with van der Waals surface area (Å²) in [6.45, 7) is 5.48. The van der Waals surface area contributed by atoms with Crippen LogP contribution < -0.4 is 16.0 Å². The molecule has 25 heavy (non-hydrogen) atoms. The van der Waals surface area contributed by atoms with E-state index in [0.29, 0.717) is 0 Å². The highest BCUT2D eigenvalue weighted by Crippen LogP contribution is 1.90. The van der Waals surface area contributed by atoms with Crippen LogP contribution in [0.1, 0.15) is 27.7 Å². The number of hydrogen-bond acceptors (Lipinski definition) is 5. The van der Waals surface area contributed by atoms with E-state index in [1.807, 2.05) is 0 Å². The van der Waals surface area contributed by atoms with Crippen molar-refractivity contribution in [2.75, 3.05) is 11.8 Å². The van der Waals surface area contributed by atoms with Crippen LogP contribution in [0.15, 0.2) is 0 Å². The highest BCUT2D eigenvalue weighted by Gasteiger charge is 2.22. The number of amides is 3. The average Bonchev–Trinajstić information content (AvgIpc) is 2.53. The van der Waals surface area contributed by atoms with Gasteiger partial charge in [-0.05, 0) is 20.8 Å². The number of rotatable bonds is 8. The third-order valence-corrected chi connectivity index (χ3v) is 3.19. The van der Waals surface area contributed by atoms with E-state index in [2.05, 4.69) is 16.0 Å². The zero-order valence-electron chi connectivity index (χ0n) is 14.4. The van der Waals surface area contributed by atoms with Crippen LogP contribution in [-0.4, -0.2) is 64.5 Å². The van der Waals surface area contributed by atoms with E-state index in [0.717, 1.165) is 0 Å². The van der Waals surface area contributed by atoms with E-state index in [1.54, 1.807) is 0 Å². The lowest BCUT2D eigenvalue weighted by molar-refractivity contribution is -0.141. The number of carboxylic acid groups (broad SMARTS) is 1. The minimum Gasteiger partial charge on any atom is -0.480 e. The summed E-state index contributed by atoms with van der Waals surface area (Å²) in [5.41, 5.74) is 0. The lowest BCUT2D eigenvalue weighted by Gasteiger charge is -2.18. The molecule has 4 N–H and O–H groups in total. The topological polar surface area (TPSA) is 142 Å². The zero-order valence-corrected chi connectivity index (χ0v) is 15.9. The van der Waals surface area contributed by atoms with Gasteiger partial charge in [0, 0.05) is 6.92 Å². The first-order chi connectivity index (χ1) is 11.5. The zero-order chi connectivity index (χ0) is 20.2. The summed E-state index contributed by atoms with van der Waals surface area (Å²) in [6.07, 6.45) is 0. The molecule has 3 unspecified atom stereocenters. The summed E-state index contributed by atoms with van der Waals surface area (Å²) in [5.74, 6) is -2.73. The third-order valence-electron chi connectivity index (χ3n) is 2.59. The molecule has 3 amide bonds. The van der Waals surface area contributed by atoms with Crippen molar-refractivity contribution in [2.24, 2.45) is 0 Å². The molecule has 0 aliphatic carbocycles. The van der Waals surface area contributed by atoms with Crippen LogP contribution in [0.25, 0.3) is 0 Å². The molecule has 0 aliphatic rings. The molecule has 0 heterocycles. The molecule has 0 fully saturated rings. The van der Waals surface area contributed by atoms with Crippen LogP contribution in [0.3, 0.4) is 0 Å². The lowest BCUT2D eigenvalue weighted by atomic mass is 10.2. The molecule has 0 aromatic carbocycles. The molecule has 0 aromatic rings. The van der Waals surface area contributed by atoms with Gasteiger partial charge in [-0.1, -0.05) is 0 Å². The Labute approximate surface area is 155 Å². The Morgan fingerprint density at radius 3 is 1.44 bits per heavy atom. The number of Topliss-reactive ketones (excluding diaryl/α,β-unsaturated/α-hetero) is 1. The molecule has 11 heteroatoms. The van der Waals surface area contributed by atoms with Gasteiger partial charge >= 0.3 is 5.97 Å². The van der Waals surface area contributed by atoms with Gasteiger partial charge in [0.1, 0.15) is 18.1 Å². The Morgan fingerprint density at radius 2 is 1.16 bits per heavy atom. The van der Waals surface area contributed by atoms with E-state index < -0.39 is 35.9 Å². The Morgan fingerprint density at radius 1 is 0.800 bits per heavy atom. The minimum atomic E-state index is -1.17. The van der Waals surface area contributed by atoms with E-state index in [-0.39, 0.29) is 23.5 Å². The van der Waals surface area contributed by atoms with Gasteiger partial charge < -0.3 is 21.1 Å².